The number of pyridine rings is 1. The molecule has 6 aromatic rings. The highest BCUT2D eigenvalue weighted by Gasteiger charge is 2.46. The summed E-state index contributed by atoms with van der Waals surface area (Å²) in [5.41, 5.74) is 8.86. The fourth-order valence-corrected chi connectivity index (χ4v) is 11.0. The van der Waals surface area contributed by atoms with Gasteiger partial charge in [0.2, 0.25) is 5.91 Å². The predicted molar refractivity (Wildman–Crippen MR) is 289 cm³/mol. The molecule has 0 unspecified atom stereocenters. The fraction of sp³-hybridized carbons (Fsp3) is 0.322. The van der Waals surface area contributed by atoms with Crippen LogP contribution in [0.4, 0.5) is 10.5 Å². The first-order valence-corrected chi connectivity index (χ1v) is 25.9. The smallest absolute Gasteiger partial charge is 0.326 e. The number of rotatable bonds is 14. The summed E-state index contributed by atoms with van der Waals surface area (Å²) in [6.07, 6.45) is 4.51. The standard InChI is InChI=1S/C59H59Cl2N7O6/c1-38(2)74-53-34-47(72-3)18-19-49(53)58-64-55(41-9-14-45(60)15-10-41)56(42-11-16-46(61)17-12-42)68(58)59(71)67-28-27-65(54(70)36-67)29-31-73-30-5-7-39-6-4-8-43(32-39)44-13-20-51-50(33-44)57-48(52(37-69)63-51)23-26-66(57)35-40-21-24-62-25-22-40/h4,6,8-22,24-25,32-34,38,48,52,55-57,63,69H,23,26-31,35-37H2,1-3H3/t48-,52-,55-,56+,57-/m1/s1. The van der Waals surface area contributed by atoms with E-state index >= 15 is 4.79 Å². The summed E-state index contributed by atoms with van der Waals surface area (Å²) in [6, 6.07) is 38.0. The molecule has 0 bridgehead atoms. The molecule has 3 amide bonds. The summed E-state index contributed by atoms with van der Waals surface area (Å²) in [6.45, 7) is 7.09. The summed E-state index contributed by atoms with van der Waals surface area (Å²) in [5, 5.41) is 15.1. The van der Waals surface area contributed by atoms with Gasteiger partial charge in [-0.3, -0.25) is 24.6 Å². The molecule has 2 N–H and O–H groups in total. The number of urea groups is 1. The van der Waals surface area contributed by atoms with Gasteiger partial charge in [0.25, 0.3) is 0 Å². The van der Waals surface area contributed by atoms with Crippen molar-refractivity contribution < 1.29 is 28.9 Å². The van der Waals surface area contributed by atoms with E-state index in [1.165, 1.54) is 11.1 Å². The van der Waals surface area contributed by atoms with Crippen molar-refractivity contribution in [2.24, 2.45) is 10.9 Å². The van der Waals surface area contributed by atoms with Gasteiger partial charge in [0, 0.05) is 77.9 Å². The molecule has 0 saturated carbocycles. The molecule has 1 aromatic heterocycles. The average Bonchev–Trinajstić information content (AvgIpc) is 4.03. The monoisotopic (exact) mass is 1030 g/mol. The average molecular weight is 1030 g/mol. The highest BCUT2D eigenvalue weighted by atomic mass is 35.5. The Kier molecular flexibility index (Phi) is 15.5. The number of fused-ring (bicyclic) bond motifs is 3. The number of nitrogens with one attached hydrogen (secondary N) is 1. The molecule has 10 rings (SSSR count). The Morgan fingerprint density at radius 2 is 1.62 bits per heavy atom. The number of amidine groups is 1. The lowest BCUT2D eigenvalue weighted by Crippen LogP contribution is -2.56. The Bertz CT molecular complexity index is 3070. The molecule has 0 spiro atoms. The molecule has 15 heteroatoms. The van der Waals surface area contributed by atoms with E-state index in [1.54, 1.807) is 40.0 Å². The zero-order chi connectivity index (χ0) is 51.3. The fourth-order valence-electron chi connectivity index (χ4n) is 10.7. The summed E-state index contributed by atoms with van der Waals surface area (Å²) < 4.78 is 17.9. The van der Waals surface area contributed by atoms with E-state index < -0.39 is 12.1 Å². The van der Waals surface area contributed by atoms with E-state index in [9.17, 15) is 9.90 Å². The number of hydrogen-bond acceptors (Lipinski definition) is 10. The third kappa shape index (κ3) is 11.0. The summed E-state index contributed by atoms with van der Waals surface area (Å²) in [5.74, 6) is 8.05. The van der Waals surface area contributed by atoms with E-state index in [0.29, 0.717) is 58.5 Å². The molecule has 13 nitrogen and oxygen atoms in total. The number of piperazine rings is 1. The predicted octanol–water partition coefficient (Wildman–Crippen LogP) is 10.1. The van der Waals surface area contributed by atoms with E-state index in [0.717, 1.165) is 53.0 Å². The third-order valence-corrected chi connectivity index (χ3v) is 14.8. The van der Waals surface area contributed by atoms with Crippen molar-refractivity contribution in [1.82, 2.24) is 24.6 Å². The van der Waals surface area contributed by atoms with Crippen LogP contribution in [-0.2, 0) is 16.1 Å². The molecule has 2 fully saturated rings. The molecular formula is C59H59Cl2N7O6. The topological polar surface area (TPSA) is 132 Å². The molecule has 4 aliphatic heterocycles. The van der Waals surface area contributed by atoms with Gasteiger partial charge in [-0.05, 0) is 133 Å². The minimum Gasteiger partial charge on any atom is -0.497 e. The van der Waals surface area contributed by atoms with Gasteiger partial charge in [0.15, 0.2) is 0 Å². The molecule has 2 saturated heterocycles. The largest absolute Gasteiger partial charge is 0.497 e. The number of hydrogen-bond donors (Lipinski definition) is 2. The van der Waals surface area contributed by atoms with Crippen molar-refractivity contribution in [1.29, 1.82) is 0 Å². The van der Waals surface area contributed by atoms with Crippen LogP contribution in [0.1, 0.15) is 71.8 Å². The Hall–Kier alpha value is -6.92. The molecule has 5 atom stereocenters. The lowest BCUT2D eigenvalue weighted by Gasteiger charge is -2.39. The van der Waals surface area contributed by atoms with Crippen molar-refractivity contribution >= 4 is 46.7 Å². The number of benzene rings is 5. The zero-order valence-corrected chi connectivity index (χ0v) is 43.2. The van der Waals surface area contributed by atoms with Crippen molar-refractivity contribution in [3.05, 3.63) is 177 Å². The number of anilines is 1. The van der Waals surface area contributed by atoms with Crippen molar-refractivity contribution in [3.63, 3.8) is 0 Å². The molecule has 0 radical (unpaired) electrons. The van der Waals surface area contributed by atoms with Crippen LogP contribution in [-0.4, -0.2) is 119 Å². The second-order valence-corrected chi connectivity index (χ2v) is 20.2. The quantitative estimate of drug-likeness (QED) is 0.0809. The molecule has 5 aromatic carbocycles. The van der Waals surface area contributed by atoms with E-state index in [1.807, 2.05) is 86.9 Å². The van der Waals surface area contributed by atoms with Gasteiger partial charge < -0.3 is 34.4 Å². The minimum atomic E-state index is -0.604. The van der Waals surface area contributed by atoms with Gasteiger partial charge in [-0.25, -0.2) is 4.79 Å². The van der Waals surface area contributed by atoms with Crippen molar-refractivity contribution in [2.45, 2.75) is 57.1 Å². The van der Waals surface area contributed by atoms with Gasteiger partial charge >= 0.3 is 6.03 Å². The maximum Gasteiger partial charge on any atom is 0.326 e. The van der Waals surface area contributed by atoms with Gasteiger partial charge in [0.1, 0.15) is 36.5 Å². The number of methoxy groups -OCH3 is 1. The summed E-state index contributed by atoms with van der Waals surface area (Å²) >= 11 is 12.8. The number of carbonyl (C=O) groups excluding carboxylic acids is 2. The molecule has 74 heavy (non-hydrogen) atoms. The first kappa shape index (κ1) is 50.6. The molecule has 4 aliphatic rings. The zero-order valence-electron chi connectivity index (χ0n) is 41.7. The molecule has 0 aliphatic carbocycles. The number of halogens is 2. The number of aliphatic hydroxyl groups is 1. The maximum atomic E-state index is 15.1. The number of likely N-dealkylation sites (tertiary alicyclic amines) is 1. The maximum absolute atomic E-state index is 15.1. The van der Waals surface area contributed by atoms with Crippen LogP contribution in [0.2, 0.25) is 10.0 Å². The number of aliphatic imine (C=N–C) groups is 1. The SMILES string of the molecule is COc1ccc(C2=N[C@H](c3ccc(Cl)cc3)[C@H](c3ccc(Cl)cc3)N2C(=O)N2CCN(CCOCC#Cc3cccc(-c4ccc5c(c4)[C@H]4[C@H](CCN4Cc4ccncc4)[C@@H](CO)N5)c3)C(=O)C2)c(OC(C)C)c1. The van der Waals surface area contributed by atoms with Crippen LogP contribution < -0.4 is 14.8 Å². The van der Waals surface area contributed by atoms with E-state index in [2.05, 4.69) is 69.5 Å². The summed E-state index contributed by atoms with van der Waals surface area (Å²) in [7, 11) is 1.59. The van der Waals surface area contributed by atoms with E-state index in [4.69, 9.17) is 42.4 Å². The third-order valence-electron chi connectivity index (χ3n) is 14.3. The van der Waals surface area contributed by atoms with E-state index in [-0.39, 0.29) is 56.5 Å². The number of ether oxygens (including phenoxy) is 3. The second kappa shape index (κ2) is 22.7. The number of nitrogens with zero attached hydrogens (tertiary/aromatic N) is 6. The van der Waals surface area contributed by atoms with Crippen molar-refractivity contribution in [2.75, 3.05) is 65.0 Å². The Balaban J connectivity index is 0.797. The first-order chi connectivity index (χ1) is 36.0. The van der Waals surface area contributed by atoms with Crippen LogP contribution in [0.5, 0.6) is 11.5 Å². The lowest BCUT2D eigenvalue weighted by atomic mass is 9.82. The lowest BCUT2D eigenvalue weighted by molar-refractivity contribution is -0.135. The number of aromatic nitrogens is 1. The van der Waals surface area contributed by atoms with Crippen LogP contribution in [0.25, 0.3) is 11.1 Å². The normalized spacial score (nSPS) is 20.4. The molecule has 5 heterocycles. The number of aliphatic hydroxyl groups excluding tert-OH is 1. The van der Waals surface area contributed by atoms with Gasteiger partial charge in [-0.15, -0.1) is 0 Å². The van der Waals surface area contributed by atoms with Gasteiger partial charge in [0.05, 0.1) is 44.1 Å². The van der Waals surface area contributed by atoms with Gasteiger partial charge in [-0.2, -0.15) is 0 Å². The van der Waals surface area contributed by atoms with Crippen LogP contribution >= 0.6 is 23.2 Å². The highest BCUT2D eigenvalue weighted by molar-refractivity contribution is 6.30. The number of amides is 3. The highest BCUT2D eigenvalue weighted by Crippen LogP contribution is 2.49. The Morgan fingerprint density at radius 3 is 2.35 bits per heavy atom. The Morgan fingerprint density at radius 1 is 0.865 bits per heavy atom. The van der Waals surface area contributed by atoms with Crippen molar-refractivity contribution in [3.8, 4) is 34.5 Å². The summed E-state index contributed by atoms with van der Waals surface area (Å²) in [4.78, 5) is 46.1. The van der Waals surface area contributed by atoms with Crippen LogP contribution in [0.15, 0.2) is 139 Å². The second-order valence-electron chi connectivity index (χ2n) is 19.3. The first-order valence-electron chi connectivity index (χ1n) is 25.2. The Labute approximate surface area is 442 Å². The number of carbonyl (C=O) groups is 2. The molecular weight excluding hydrogens is 974 g/mol. The van der Waals surface area contributed by atoms with Crippen LogP contribution in [0, 0.1) is 17.8 Å². The van der Waals surface area contributed by atoms with Gasteiger partial charge in [-0.1, -0.05) is 77.5 Å². The minimum absolute atomic E-state index is 0.00477. The van der Waals surface area contributed by atoms with Crippen LogP contribution in [0.3, 0.4) is 0 Å². The molecule has 380 valence electrons.